The first-order valence-corrected chi connectivity index (χ1v) is 16.0. The van der Waals surface area contributed by atoms with Gasteiger partial charge in [0.15, 0.2) is 0 Å². The van der Waals surface area contributed by atoms with Crippen molar-refractivity contribution in [3.05, 3.63) is 144 Å². The van der Waals surface area contributed by atoms with Crippen LogP contribution in [0.15, 0.2) is 121 Å². The highest BCUT2D eigenvalue weighted by Crippen LogP contribution is 2.45. The summed E-state index contributed by atoms with van der Waals surface area (Å²) in [7, 11) is 0. The molecule has 0 saturated heterocycles. The Morgan fingerprint density at radius 1 is 0.341 bits per heavy atom. The monoisotopic (exact) mass is 550 g/mol. The molecule has 0 N–H and O–H groups in total. The first kappa shape index (κ1) is 22.5. The van der Waals surface area contributed by atoms with Crippen molar-refractivity contribution in [2.45, 2.75) is 12.8 Å². The third-order valence-electron chi connectivity index (χ3n) is 11.6. The maximum Gasteiger partial charge on any atom is 0.243 e. The van der Waals surface area contributed by atoms with E-state index in [2.05, 4.69) is 121 Å². The Morgan fingerprint density at radius 2 is 0.886 bits per heavy atom. The van der Waals surface area contributed by atoms with Crippen molar-refractivity contribution in [1.82, 2.24) is 0 Å². The van der Waals surface area contributed by atoms with Crippen molar-refractivity contribution in [3.8, 4) is 22.3 Å². The normalized spacial score (nSPS) is 14.5. The van der Waals surface area contributed by atoms with Crippen LogP contribution in [-0.2, 0) is 12.8 Å². The molecule has 0 amide bonds. The summed E-state index contributed by atoms with van der Waals surface area (Å²) in [5, 5.41) is 8.59. The molecule has 44 heavy (non-hydrogen) atoms. The molecule has 0 bridgehead atoms. The molecule has 0 spiro atoms. The van der Waals surface area contributed by atoms with Crippen LogP contribution in [-0.4, -0.2) is 13.4 Å². The zero-order valence-electron chi connectivity index (χ0n) is 24.1. The lowest BCUT2D eigenvalue weighted by Gasteiger charge is -2.36. The van der Waals surface area contributed by atoms with Crippen LogP contribution in [0.3, 0.4) is 0 Å². The minimum atomic E-state index is 0.271. The van der Waals surface area contributed by atoms with E-state index in [1.807, 2.05) is 0 Å². The Hall–Kier alpha value is -5.07. The van der Waals surface area contributed by atoms with Gasteiger partial charge in [-0.25, -0.2) is 0 Å². The zero-order chi connectivity index (χ0) is 28.3. The van der Waals surface area contributed by atoms with Gasteiger partial charge in [0.2, 0.25) is 13.4 Å². The number of hydrogen-bond donors (Lipinski definition) is 0. The Morgan fingerprint density at radius 3 is 1.59 bits per heavy atom. The molecule has 0 unspecified atom stereocenters. The zero-order valence-corrected chi connectivity index (χ0v) is 24.1. The summed E-state index contributed by atoms with van der Waals surface area (Å²) in [6, 6.07) is 47.3. The molecular formula is C42H24B2. The fraction of sp³-hybridized carbons (Fsp3) is 0.0476. The molecule has 12 rings (SSSR count). The summed E-state index contributed by atoms with van der Waals surface area (Å²) in [6.45, 7) is 0.553. The molecule has 8 aromatic carbocycles. The van der Waals surface area contributed by atoms with E-state index in [4.69, 9.17) is 0 Å². The van der Waals surface area contributed by atoms with Crippen LogP contribution in [0.25, 0.3) is 54.6 Å². The van der Waals surface area contributed by atoms with Gasteiger partial charge in [-0.3, -0.25) is 0 Å². The van der Waals surface area contributed by atoms with Gasteiger partial charge in [0.05, 0.1) is 0 Å². The SMILES string of the molecule is c1ccc2c(c1)Cc1cccc3c1B2c1ccc2cc4c5c(ccc6cc-3c1c2c65)-c1cccc2c1B4c1ccccc1C2. The molecule has 198 valence electrons. The number of benzene rings is 8. The van der Waals surface area contributed by atoms with Crippen LogP contribution in [0.1, 0.15) is 22.3 Å². The Labute approximate surface area is 256 Å². The van der Waals surface area contributed by atoms with Crippen molar-refractivity contribution >= 4 is 78.5 Å². The second kappa shape index (κ2) is 7.52. The molecule has 0 atom stereocenters. The van der Waals surface area contributed by atoms with Gasteiger partial charge in [0.25, 0.3) is 0 Å². The molecule has 0 saturated carbocycles. The van der Waals surface area contributed by atoms with Crippen molar-refractivity contribution in [2.24, 2.45) is 0 Å². The van der Waals surface area contributed by atoms with E-state index in [1.54, 1.807) is 0 Å². The maximum atomic E-state index is 2.57. The van der Waals surface area contributed by atoms with E-state index in [9.17, 15) is 0 Å². The van der Waals surface area contributed by atoms with Crippen LogP contribution < -0.4 is 32.8 Å². The smallest absolute Gasteiger partial charge is 0.0667 e. The van der Waals surface area contributed by atoms with E-state index in [0.717, 1.165) is 12.8 Å². The van der Waals surface area contributed by atoms with Gasteiger partial charge in [0.1, 0.15) is 0 Å². The summed E-state index contributed by atoms with van der Waals surface area (Å²) in [6.07, 6.45) is 2.04. The largest absolute Gasteiger partial charge is 0.243 e. The summed E-state index contributed by atoms with van der Waals surface area (Å²) >= 11 is 0. The topological polar surface area (TPSA) is 0 Å². The fourth-order valence-electron chi connectivity index (χ4n) is 10.0. The summed E-state index contributed by atoms with van der Waals surface area (Å²) in [5.74, 6) is 0. The fourth-order valence-corrected chi connectivity index (χ4v) is 10.0. The number of hydrogen-bond acceptors (Lipinski definition) is 0. The molecule has 4 aliphatic heterocycles. The van der Waals surface area contributed by atoms with Crippen molar-refractivity contribution < 1.29 is 0 Å². The summed E-state index contributed by atoms with van der Waals surface area (Å²) in [5.41, 5.74) is 20.6. The van der Waals surface area contributed by atoms with Crippen molar-refractivity contribution in [1.29, 1.82) is 0 Å². The van der Waals surface area contributed by atoms with Crippen LogP contribution in [0.5, 0.6) is 0 Å². The molecule has 8 aromatic rings. The van der Waals surface area contributed by atoms with E-state index < -0.39 is 0 Å². The lowest BCUT2D eigenvalue weighted by atomic mass is 9.30. The molecule has 0 radical (unpaired) electrons. The summed E-state index contributed by atoms with van der Waals surface area (Å²) in [4.78, 5) is 0. The predicted octanol–water partition coefficient (Wildman–Crippen LogP) is 5.39. The van der Waals surface area contributed by atoms with Gasteiger partial charge in [-0.2, -0.15) is 0 Å². The van der Waals surface area contributed by atoms with E-state index >= 15 is 0 Å². The highest BCUT2D eigenvalue weighted by molar-refractivity contribution is 7.00. The van der Waals surface area contributed by atoms with E-state index in [1.165, 1.54) is 110 Å². The van der Waals surface area contributed by atoms with Gasteiger partial charge < -0.3 is 0 Å². The van der Waals surface area contributed by atoms with Gasteiger partial charge >= 0.3 is 0 Å². The summed E-state index contributed by atoms with van der Waals surface area (Å²) < 4.78 is 0. The quantitative estimate of drug-likeness (QED) is 0.176. The minimum absolute atomic E-state index is 0.271. The lowest BCUT2D eigenvalue weighted by Crippen LogP contribution is -2.59. The second-order valence-corrected chi connectivity index (χ2v) is 13.5. The van der Waals surface area contributed by atoms with Crippen molar-refractivity contribution in [3.63, 3.8) is 0 Å². The van der Waals surface area contributed by atoms with Gasteiger partial charge in [-0.1, -0.05) is 148 Å². The number of fused-ring (bicyclic) bond motifs is 8. The molecule has 0 fully saturated rings. The minimum Gasteiger partial charge on any atom is -0.0667 e. The average Bonchev–Trinajstić information content (AvgIpc) is 3.07. The molecule has 0 nitrogen and oxygen atoms in total. The highest BCUT2D eigenvalue weighted by Gasteiger charge is 2.41. The Bertz CT molecular complexity index is 2620. The average molecular weight is 550 g/mol. The van der Waals surface area contributed by atoms with Crippen LogP contribution in [0, 0.1) is 0 Å². The predicted molar refractivity (Wildman–Crippen MR) is 189 cm³/mol. The lowest BCUT2D eigenvalue weighted by molar-refractivity contribution is 1.21. The standard InChI is InChI=1S/C42H24B2/c1-3-13-33-23(7-1)19-28-10-6-12-31-32-21-25-15-17-29-30-11-5-9-27-20-24-8-2-4-14-34(24)44(41(27)30)36-22-26-16-18-35(43(33)42(28)31)40(32)38(26)37(25)39(29)36/h1-18,21-22H,19-20H2. The Balaban J connectivity index is 1.28. The van der Waals surface area contributed by atoms with E-state index in [0.29, 0.717) is 0 Å². The second-order valence-electron chi connectivity index (χ2n) is 13.5. The van der Waals surface area contributed by atoms with Crippen LogP contribution in [0.2, 0.25) is 0 Å². The molecule has 2 heteroatoms. The number of rotatable bonds is 0. The highest BCUT2D eigenvalue weighted by atomic mass is 14.3. The Kier molecular flexibility index (Phi) is 3.84. The van der Waals surface area contributed by atoms with Crippen LogP contribution in [0.4, 0.5) is 0 Å². The maximum absolute atomic E-state index is 2.57. The first-order valence-electron chi connectivity index (χ1n) is 16.0. The van der Waals surface area contributed by atoms with Gasteiger partial charge in [-0.05, 0) is 95.7 Å². The van der Waals surface area contributed by atoms with Crippen molar-refractivity contribution in [2.75, 3.05) is 0 Å². The van der Waals surface area contributed by atoms with Gasteiger partial charge in [0, 0.05) is 0 Å². The van der Waals surface area contributed by atoms with Crippen LogP contribution >= 0.6 is 0 Å². The molecular weight excluding hydrogens is 526 g/mol. The first-order chi connectivity index (χ1) is 21.8. The third kappa shape index (κ3) is 2.47. The van der Waals surface area contributed by atoms with Gasteiger partial charge in [-0.15, -0.1) is 0 Å². The molecule has 0 aliphatic carbocycles. The molecule has 4 heterocycles. The van der Waals surface area contributed by atoms with E-state index in [-0.39, 0.29) is 13.4 Å². The molecule has 4 aliphatic rings. The third-order valence-corrected chi connectivity index (χ3v) is 11.6. The molecule has 0 aromatic heterocycles.